The molecule has 1 aromatic carbocycles. The number of hydrogen-bond acceptors (Lipinski definition) is 5. The Hall–Kier alpha value is -1.85. The Labute approximate surface area is 159 Å². The van der Waals surface area contributed by atoms with Crippen molar-refractivity contribution in [3.05, 3.63) is 46.2 Å². The third kappa shape index (κ3) is 3.51. The summed E-state index contributed by atoms with van der Waals surface area (Å²) in [5.41, 5.74) is 2.18. The number of para-hydroxylation sites is 2. The number of piperazine rings is 1. The molecular weight excluding hydrogens is 344 g/mol. The second-order valence-electron chi connectivity index (χ2n) is 7.15. The molecule has 0 N–H and O–H groups in total. The summed E-state index contributed by atoms with van der Waals surface area (Å²) in [5.74, 6) is 1.53. The second-order valence-corrected chi connectivity index (χ2v) is 8.15. The van der Waals surface area contributed by atoms with Crippen molar-refractivity contribution in [2.24, 2.45) is 5.92 Å². The predicted molar refractivity (Wildman–Crippen MR) is 107 cm³/mol. The van der Waals surface area contributed by atoms with Gasteiger partial charge in [-0.1, -0.05) is 12.1 Å². The van der Waals surface area contributed by atoms with Crippen LogP contribution in [0.25, 0.3) is 0 Å². The number of ether oxygens (including phenoxy) is 1. The van der Waals surface area contributed by atoms with Crippen molar-refractivity contribution in [1.82, 2.24) is 4.90 Å². The Bertz CT molecular complexity index is 765. The van der Waals surface area contributed by atoms with Crippen LogP contribution in [0.15, 0.2) is 35.7 Å². The van der Waals surface area contributed by atoms with Crippen LogP contribution in [0.1, 0.15) is 28.1 Å². The van der Waals surface area contributed by atoms with Crippen LogP contribution in [0.4, 0.5) is 5.69 Å². The average molecular weight is 371 g/mol. The highest BCUT2D eigenvalue weighted by Gasteiger charge is 2.29. The number of Topliss-reactive ketones (excluding diaryl/α,β-unsaturated/α-hetero) is 1. The van der Waals surface area contributed by atoms with E-state index in [4.69, 9.17) is 4.74 Å². The quantitative estimate of drug-likeness (QED) is 0.803. The zero-order valence-electron chi connectivity index (χ0n) is 15.3. The highest BCUT2D eigenvalue weighted by Crippen LogP contribution is 2.32. The molecule has 2 aliphatic rings. The lowest BCUT2D eigenvalue weighted by Gasteiger charge is -2.37. The summed E-state index contributed by atoms with van der Waals surface area (Å²) < 4.78 is 5.49. The van der Waals surface area contributed by atoms with Gasteiger partial charge >= 0.3 is 0 Å². The fourth-order valence-corrected chi connectivity index (χ4v) is 5.03. The fraction of sp³-hybridized carbons (Fsp3) is 0.476. The molecule has 0 bridgehead atoms. The first-order chi connectivity index (χ1) is 12.8. The zero-order valence-corrected chi connectivity index (χ0v) is 16.1. The Morgan fingerprint density at radius 1 is 1.15 bits per heavy atom. The normalized spacial score (nSPS) is 20.9. The molecule has 0 saturated carbocycles. The molecule has 1 saturated heterocycles. The van der Waals surface area contributed by atoms with Crippen LogP contribution in [0.2, 0.25) is 0 Å². The molecule has 0 amide bonds. The largest absolute Gasteiger partial charge is 0.495 e. The highest BCUT2D eigenvalue weighted by atomic mass is 32.1. The van der Waals surface area contributed by atoms with Crippen molar-refractivity contribution in [2.75, 3.05) is 44.7 Å². The van der Waals surface area contributed by atoms with Gasteiger partial charge in [-0.15, -0.1) is 11.3 Å². The number of carbonyl (C=O) groups is 1. The summed E-state index contributed by atoms with van der Waals surface area (Å²) in [4.78, 5) is 18.8. The molecule has 1 atom stereocenters. The number of carbonyl (C=O) groups excluding carboxylic acids is 1. The SMILES string of the molecule is COc1ccccc1N1CCN(CCC2CCc3sccc3C2=O)CC1. The second kappa shape index (κ2) is 7.80. The molecule has 2 heterocycles. The number of benzene rings is 1. The molecule has 1 aliphatic carbocycles. The van der Waals surface area contributed by atoms with Crippen molar-refractivity contribution in [2.45, 2.75) is 19.3 Å². The first-order valence-electron chi connectivity index (χ1n) is 9.47. The van der Waals surface area contributed by atoms with Gasteiger partial charge < -0.3 is 9.64 Å². The number of rotatable bonds is 5. The van der Waals surface area contributed by atoms with Crippen LogP contribution in [0.5, 0.6) is 5.75 Å². The van der Waals surface area contributed by atoms with E-state index in [1.165, 1.54) is 10.6 Å². The van der Waals surface area contributed by atoms with Gasteiger partial charge in [0.1, 0.15) is 5.75 Å². The van der Waals surface area contributed by atoms with Gasteiger partial charge in [0.2, 0.25) is 0 Å². The smallest absolute Gasteiger partial charge is 0.167 e. The lowest BCUT2D eigenvalue weighted by molar-refractivity contribution is 0.0883. The minimum atomic E-state index is 0.212. The Morgan fingerprint density at radius 2 is 1.96 bits per heavy atom. The minimum Gasteiger partial charge on any atom is -0.495 e. The van der Waals surface area contributed by atoms with E-state index in [0.29, 0.717) is 5.78 Å². The molecule has 1 unspecified atom stereocenters. The zero-order chi connectivity index (χ0) is 17.9. The molecule has 2 aromatic rings. The van der Waals surface area contributed by atoms with Crippen molar-refractivity contribution >= 4 is 22.8 Å². The number of methoxy groups -OCH3 is 1. The molecule has 0 spiro atoms. The summed E-state index contributed by atoms with van der Waals surface area (Å²) in [5, 5.41) is 2.06. The van der Waals surface area contributed by atoms with E-state index in [1.54, 1.807) is 18.4 Å². The standard InChI is InChI=1S/C21H26N2O2S/c1-25-19-5-3-2-4-18(19)23-13-11-22(12-14-23)10-8-16-6-7-20-17(21(16)24)9-15-26-20/h2-5,9,15-16H,6-8,10-14H2,1H3. The van der Waals surface area contributed by atoms with E-state index >= 15 is 0 Å². The number of ketones is 1. The third-order valence-electron chi connectivity index (χ3n) is 5.69. The van der Waals surface area contributed by atoms with Gasteiger partial charge in [0.15, 0.2) is 5.78 Å². The fourth-order valence-electron chi connectivity index (χ4n) is 4.13. The van der Waals surface area contributed by atoms with Gasteiger partial charge in [-0.3, -0.25) is 9.69 Å². The molecule has 1 fully saturated rings. The van der Waals surface area contributed by atoms with Gasteiger partial charge in [0.25, 0.3) is 0 Å². The maximum Gasteiger partial charge on any atom is 0.167 e. The van der Waals surface area contributed by atoms with E-state index < -0.39 is 0 Å². The first kappa shape index (κ1) is 17.6. The summed E-state index contributed by atoms with van der Waals surface area (Å²) in [7, 11) is 1.73. The average Bonchev–Trinajstić information content (AvgIpc) is 3.17. The lowest BCUT2D eigenvalue weighted by Crippen LogP contribution is -2.47. The van der Waals surface area contributed by atoms with E-state index in [-0.39, 0.29) is 5.92 Å². The van der Waals surface area contributed by atoms with Crippen LogP contribution >= 0.6 is 11.3 Å². The van der Waals surface area contributed by atoms with E-state index in [9.17, 15) is 4.79 Å². The third-order valence-corrected chi connectivity index (χ3v) is 6.67. The Balaban J connectivity index is 1.29. The van der Waals surface area contributed by atoms with Crippen molar-refractivity contribution in [3.8, 4) is 5.75 Å². The molecule has 1 aliphatic heterocycles. The summed E-state index contributed by atoms with van der Waals surface area (Å²) in [6.07, 6.45) is 3.08. The van der Waals surface area contributed by atoms with E-state index in [0.717, 1.165) is 63.3 Å². The van der Waals surface area contributed by atoms with Gasteiger partial charge in [0.05, 0.1) is 12.8 Å². The highest BCUT2D eigenvalue weighted by molar-refractivity contribution is 7.10. The number of fused-ring (bicyclic) bond motifs is 1. The molecule has 4 rings (SSSR count). The van der Waals surface area contributed by atoms with Crippen LogP contribution < -0.4 is 9.64 Å². The summed E-state index contributed by atoms with van der Waals surface area (Å²) in [6, 6.07) is 10.2. The van der Waals surface area contributed by atoms with Gasteiger partial charge in [-0.2, -0.15) is 0 Å². The Morgan fingerprint density at radius 3 is 2.77 bits per heavy atom. The lowest BCUT2D eigenvalue weighted by atomic mass is 9.85. The molecule has 4 nitrogen and oxygen atoms in total. The molecular formula is C21H26N2O2S. The van der Waals surface area contributed by atoms with E-state index in [2.05, 4.69) is 27.3 Å². The topological polar surface area (TPSA) is 32.8 Å². The minimum absolute atomic E-state index is 0.212. The molecule has 0 radical (unpaired) electrons. The van der Waals surface area contributed by atoms with Gasteiger partial charge in [0, 0.05) is 42.5 Å². The number of nitrogens with zero attached hydrogens (tertiary/aromatic N) is 2. The molecule has 1 aromatic heterocycles. The van der Waals surface area contributed by atoms with E-state index in [1.807, 2.05) is 18.2 Å². The van der Waals surface area contributed by atoms with Gasteiger partial charge in [-0.05, 0) is 49.4 Å². The predicted octanol–water partition coefficient (Wildman–Crippen LogP) is 3.71. The molecule has 5 heteroatoms. The van der Waals surface area contributed by atoms with Crippen molar-refractivity contribution < 1.29 is 9.53 Å². The number of anilines is 1. The molecule has 26 heavy (non-hydrogen) atoms. The van der Waals surface area contributed by atoms with Gasteiger partial charge in [-0.25, -0.2) is 0 Å². The maximum atomic E-state index is 12.6. The maximum absolute atomic E-state index is 12.6. The Kier molecular flexibility index (Phi) is 5.27. The van der Waals surface area contributed by atoms with Crippen LogP contribution in [0.3, 0.4) is 0 Å². The number of thiophene rings is 1. The molecule has 138 valence electrons. The van der Waals surface area contributed by atoms with Crippen molar-refractivity contribution in [1.29, 1.82) is 0 Å². The van der Waals surface area contributed by atoms with Crippen LogP contribution in [-0.2, 0) is 6.42 Å². The number of hydrogen-bond donors (Lipinski definition) is 0. The number of aryl methyl sites for hydroxylation is 1. The van der Waals surface area contributed by atoms with Crippen LogP contribution in [-0.4, -0.2) is 50.5 Å². The first-order valence-corrected chi connectivity index (χ1v) is 10.3. The van der Waals surface area contributed by atoms with Crippen molar-refractivity contribution in [3.63, 3.8) is 0 Å². The summed E-state index contributed by atoms with van der Waals surface area (Å²) in [6.45, 7) is 5.13. The van der Waals surface area contributed by atoms with Crippen LogP contribution in [0, 0.1) is 5.92 Å². The monoisotopic (exact) mass is 370 g/mol. The summed E-state index contributed by atoms with van der Waals surface area (Å²) >= 11 is 1.73.